The zero-order valence-electron chi connectivity index (χ0n) is 18.9. The van der Waals surface area contributed by atoms with Crippen molar-refractivity contribution in [3.05, 3.63) is 123 Å². The molecule has 0 fully saturated rings. The van der Waals surface area contributed by atoms with E-state index < -0.39 is 23.6 Å². The molecule has 0 atom stereocenters. The monoisotopic (exact) mass is 490 g/mol. The van der Waals surface area contributed by atoms with Gasteiger partial charge in [0.05, 0.1) is 0 Å². The summed E-state index contributed by atoms with van der Waals surface area (Å²) in [5.74, 6) is -1.95. The van der Waals surface area contributed by atoms with Crippen LogP contribution in [0.3, 0.4) is 0 Å². The van der Waals surface area contributed by atoms with E-state index in [4.69, 9.17) is 9.47 Å². The van der Waals surface area contributed by atoms with Crippen molar-refractivity contribution < 1.29 is 37.3 Å². The van der Waals surface area contributed by atoms with Crippen LogP contribution in [0.25, 0.3) is 22.3 Å². The van der Waals surface area contributed by atoms with Gasteiger partial charge < -0.3 is 18.9 Å². The Morgan fingerprint density at radius 2 is 1.00 bits per heavy atom. The smallest absolute Gasteiger partial charge is 0.335 e. The normalized spacial score (nSPS) is 10.7. The number of esters is 2. The summed E-state index contributed by atoms with van der Waals surface area (Å²) in [6.45, 7) is 6.52. The van der Waals surface area contributed by atoms with Crippen LogP contribution in [0.5, 0.6) is 11.5 Å². The number of ether oxygens (including phenoxy) is 4. The summed E-state index contributed by atoms with van der Waals surface area (Å²) >= 11 is 0. The van der Waals surface area contributed by atoms with Gasteiger partial charge in [-0.3, -0.25) is 0 Å². The largest absolute Gasteiger partial charge is 0.462 e. The summed E-state index contributed by atoms with van der Waals surface area (Å²) in [7, 11) is 0. The zero-order valence-corrected chi connectivity index (χ0v) is 18.9. The zero-order chi connectivity index (χ0) is 25.9. The van der Waals surface area contributed by atoms with Gasteiger partial charge in [0, 0.05) is 35.4 Å². The highest BCUT2D eigenvalue weighted by molar-refractivity contribution is 5.82. The van der Waals surface area contributed by atoms with Crippen LogP contribution in [0.15, 0.2) is 111 Å². The van der Waals surface area contributed by atoms with Crippen LogP contribution >= 0.6 is 0 Å². The molecule has 0 unspecified atom stereocenters. The fraction of sp³-hybridized carbons (Fsp3) is 0. The fourth-order valence-corrected chi connectivity index (χ4v) is 2.93. The number of carbonyl (C=O) groups excluding carboxylic acids is 2. The average molecular weight is 490 g/mol. The predicted octanol–water partition coefficient (Wildman–Crippen LogP) is 6.46. The quantitative estimate of drug-likeness (QED) is 0.185. The van der Waals surface area contributed by atoms with Crippen molar-refractivity contribution in [1.82, 2.24) is 0 Å². The molecule has 0 saturated heterocycles. The highest BCUT2D eigenvalue weighted by Crippen LogP contribution is 2.31. The van der Waals surface area contributed by atoms with Crippen LogP contribution in [0.4, 0.5) is 8.78 Å². The first kappa shape index (κ1) is 25.6. The van der Waals surface area contributed by atoms with Crippen molar-refractivity contribution in [3.8, 4) is 33.8 Å². The van der Waals surface area contributed by atoms with Crippen LogP contribution in [0, 0.1) is 11.6 Å². The lowest BCUT2D eigenvalue weighted by atomic mass is 9.99. The number of carbonyl (C=O) groups is 2. The first-order valence-electron chi connectivity index (χ1n) is 10.4. The second-order valence-electron chi connectivity index (χ2n) is 6.92. The first-order valence-corrected chi connectivity index (χ1v) is 10.4. The van der Waals surface area contributed by atoms with E-state index in [0.29, 0.717) is 22.3 Å². The Morgan fingerprint density at radius 3 is 1.33 bits per heavy atom. The standard InChI is InChI=1S/C28H20F2O6/c1-3-27(31)35-15-13-33-21-9-11-23(25(29)17-21)19-5-7-20(8-6-19)24-12-10-22(18-26(24)30)34-14-16-36-28(32)4-2/h3-18H,1-2H2. The van der Waals surface area contributed by atoms with Crippen LogP contribution in [-0.4, -0.2) is 11.9 Å². The average Bonchev–Trinajstić information content (AvgIpc) is 2.89. The SMILES string of the molecule is C=CC(=O)OC=COc1ccc(-c2ccc(-c3ccc(OC=COC(=O)C=C)cc3F)cc2)c(F)c1. The summed E-state index contributed by atoms with van der Waals surface area (Å²) in [4.78, 5) is 21.9. The molecule has 182 valence electrons. The topological polar surface area (TPSA) is 71.1 Å². The molecule has 6 nitrogen and oxygen atoms in total. The van der Waals surface area contributed by atoms with Crippen molar-refractivity contribution in [2.45, 2.75) is 0 Å². The molecule has 0 radical (unpaired) electrons. The molecule has 0 spiro atoms. The van der Waals surface area contributed by atoms with Gasteiger partial charge in [0.15, 0.2) is 0 Å². The van der Waals surface area contributed by atoms with Gasteiger partial charge >= 0.3 is 11.9 Å². The summed E-state index contributed by atoms with van der Waals surface area (Å²) in [5, 5.41) is 0. The third kappa shape index (κ3) is 7.01. The second-order valence-corrected chi connectivity index (χ2v) is 6.92. The van der Waals surface area contributed by atoms with Crippen molar-refractivity contribution in [2.24, 2.45) is 0 Å². The Morgan fingerprint density at radius 1 is 0.611 bits per heavy atom. The highest BCUT2D eigenvalue weighted by Gasteiger charge is 2.10. The number of benzene rings is 3. The molecule has 0 heterocycles. The fourth-order valence-electron chi connectivity index (χ4n) is 2.93. The maximum atomic E-state index is 14.6. The van der Waals surface area contributed by atoms with Gasteiger partial charge in [0.2, 0.25) is 0 Å². The first-order chi connectivity index (χ1) is 17.4. The van der Waals surface area contributed by atoms with Gasteiger partial charge in [-0.2, -0.15) is 0 Å². The Kier molecular flexibility index (Phi) is 8.88. The lowest BCUT2D eigenvalue weighted by molar-refractivity contribution is -0.133. The van der Waals surface area contributed by atoms with E-state index in [1.165, 1.54) is 24.3 Å². The number of hydrogen-bond donors (Lipinski definition) is 0. The van der Waals surface area contributed by atoms with Crippen LogP contribution in [0.2, 0.25) is 0 Å². The maximum absolute atomic E-state index is 14.6. The van der Waals surface area contributed by atoms with E-state index >= 15 is 0 Å². The van der Waals surface area contributed by atoms with Gasteiger partial charge in [0.25, 0.3) is 0 Å². The van der Waals surface area contributed by atoms with E-state index in [1.807, 2.05) is 0 Å². The van der Waals surface area contributed by atoms with E-state index in [-0.39, 0.29) is 11.5 Å². The molecule has 0 aliphatic rings. The molecule has 8 heteroatoms. The molecular weight excluding hydrogens is 470 g/mol. The molecule has 0 aliphatic heterocycles. The molecular formula is C28H20F2O6. The van der Waals surface area contributed by atoms with E-state index in [0.717, 1.165) is 37.2 Å². The van der Waals surface area contributed by atoms with Gasteiger partial charge in [-0.05, 0) is 35.4 Å². The molecule has 0 aromatic heterocycles. The third-order valence-electron chi connectivity index (χ3n) is 4.61. The molecule has 3 aromatic carbocycles. The second kappa shape index (κ2) is 12.5. The van der Waals surface area contributed by atoms with E-state index in [2.05, 4.69) is 22.6 Å². The summed E-state index contributed by atoms with van der Waals surface area (Å²) in [6, 6.07) is 15.2. The molecule has 0 amide bonds. The Labute approximate surface area is 206 Å². The lowest BCUT2D eigenvalue weighted by Gasteiger charge is -2.09. The molecule has 3 rings (SSSR count). The molecule has 0 aliphatic carbocycles. The van der Waals surface area contributed by atoms with Crippen LogP contribution in [-0.2, 0) is 19.1 Å². The Hall–Kier alpha value is -4.98. The molecule has 0 N–H and O–H groups in total. The summed E-state index contributed by atoms with van der Waals surface area (Å²) < 4.78 is 48.9. The predicted molar refractivity (Wildman–Crippen MR) is 129 cm³/mol. The van der Waals surface area contributed by atoms with Crippen LogP contribution < -0.4 is 9.47 Å². The lowest BCUT2D eigenvalue weighted by Crippen LogP contribution is -1.93. The van der Waals surface area contributed by atoms with Gasteiger partial charge in [-0.1, -0.05) is 37.4 Å². The number of halogens is 2. The van der Waals surface area contributed by atoms with Gasteiger partial charge in [-0.25, -0.2) is 18.4 Å². The Bertz CT molecular complexity index is 1220. The molecule has 0 saturated carbocycles. The summed E-state index contributed by atoms with van der Waals surface area (Å²) in [6.07, 6.45) is 6.23. The Balaban J connectivity index is 1.67. The highest BCUT2D eigenvalue weighted by atomic mass is 19.1. The molecule has 36 heavy (non-hydrogen) atoms. The van der Waals surface area contributed by atoms with Crippen molar-refractivity contribution in [2.75, 3.05) is 0 Å². The minimum absolute atomic E-state index is 0.205. The van der Waals surface area contributed by atoms with Gasteiger partial charge in [-0.15, -0.1) is 0 Å². The minimum Gasteiger partial charge on any atom is -0.462 e. The van der Waals surface area contributed by atoms with E-state index in [1.54, 1.807) is 36.4 Å². The number of hydrogen-bond acceptors (Lipinski definition) is 6. The van der Waals surface area contributed by atoms with Crippen molar-refractivity contribution in [3.63, 3.8) is 0 Å². The number of rotatable bonds is 10. The van der Waals surface area contributed by atoms with Crippen LogP contribution in [0.1, 0.15) is 0 Å². The van der Waals surface area contributed by atoms with E-state index in [9.17, 15) is 18.4 Å². The van der Waals surface area contributed by atoms with Crippen molar-refractivity contribution >= 4 is 11.9 Å². The maximum Gasteiger partial charge on any atom is 0.335 e. The summed E-state index contributed by atoms with van der Waals surface area (Å²) in [5.41, 5.74) is 1.81. The molecule has 0 bridgehead atoms. The molecule has 3 aromatic rings. The van der Waals surface area contributed by atoms with Crippen molar-refractivity contribution in [1.29, 1.82) is 0 Å². The van der Waals surface area contributed by atoms with Gasteiger partial charge in [0.1, 0.15) is 48.2 Å². The third-order valence-corrected chi connectivity index (χ3v) is 4.61. The minimum atomic E-state index is -0.648.